The minimum atomic E-state index is 0. The van der Waals surface area contributed by atoms with Gasteiger partial charge in [-0.2, -0.15) is 0 Å². The number of rotatable bonds is 5. The molecule has 2 N–H and O–H groups in total. The second kappa shape index (κ2) is 9.98. The number of nitrogens with one attached hydrogen (secondary N) is 2. The van der Waals surface area contributed by atoms with Crippen molar-refractivity contribution in [2.24, 2.45) is 4.99 Å². The highest BCUT2D eigenvalue weighted by Crippen LogP contribution is 2.23. The second-order valence-electron chi connectivity index (χ2n) is 6.41. The van der Waals surface area contributed by atoms with E-state index in [4.69, 9.17) is 4.98 Å². The van der Waals surface area contributed by atoms with E-state index in [1.54, 1.807) is 11.3 Å². The Balaban J connectivity index is 0.00000288. The largest absolute Gasteiger partial charge is 0.357 e. The molecule has 0 unspecified atom stereocenters. The molecule has 1 aromatic heterocycles. The van der Waals surface area contributed by atoms with E-state index in [-0.39, 0.29) is 29.4 Å². The maximum atomic E-state index is 4.71. The highest BCUT2D eigenvalue weighted by Gasteiger charge is 2.17. The molecule has 4 nitrogen and oxygen atoms in total. The third kappa shape index (κ3) is 6.76. The summed E-state index contributed by atoms with van der Waals surface area (Å²) in [5, 5.41) is 9.86. The van der Waals surface area contributed by atoms with Gasteiger partial charge in [-0.05, 0) is 12.5 Å². The van der Waals surface area contributed by atoms with Crippen LogP contribution in [0.15, 0.2) is 40.7 Å². The summed E-state index contributed by atoms with van der Waals surface area (Å²) in [5.41, 5.74) is 2.44. The van der Waals surface area contributed by atoms with Crippen molar-refractivity contribution in [1.29, 1.82) is 0 Å². The minimum absolute atomic E-state index is 0. The third-order valence-electron chi connectivity index (χ3n) is 3.33. The monoisotopic (exact) mass is 458 g/mol. The van der Waals surface area contributed by atoms with Gasteiger partial charge in [0.2, 0.25) is 0 Å². The molecule has 6 heteroatoms. The molecule has 0 fully saturated rings. The first-order valence-corrected chi connectivity index (χ1v) is 8.88. The molecule has 1 aromatic carbocycles. The second-order valence-corrected chi connectivity index (χ2v) is 7.35. The molecule has 132 valence electrons. The Hall–Kier alpha value is -1.15. The SMILES string of the molecule is CCNC(=NCc1ccccc1)NCc1nc(C(C)(C)C)cs1.I. The number of guanidine groups is 1. The van der Waals surface area contributed by atoms with Gasteiger partial charge in [-0.25, -0.2) is 9.98 Å². The lowest BCUT2D eigenvalue weighted by Crippen LogP contribution is -2.36. The van der Waals surface area contributed by atoms with Crippen molar-refractivity contribution in [3.05, 3.63) is 52.0 Å². The van der Waals surface area contributed by atoms with Gasteiger partial charge in [-0.15, -0.1) is 35.3 Å². The Kier molecular flexibility index (Phi) is 8.69. The highest BCUT2D eigenvalue weighted by atomic mass is 127. The first-order valence-electron chi connectivity index (χ1n) is 8.00. The maximum Gasteiger partial charge on any atom is 0.191 e. The standard InChI is InChI=1S/C18H26N4S.HI/c1-5-19-17(20-11-14-9-7-6-8-10-14)21-12-16-22-15(13-23-16)18(2,3)4;/h6-10,13H,5,11-12H2,1-4H3,(H2,19,20,21);1H. The molecule has 0 radical (unpaired) electrons. The zero-order valence-corrected chi connectivity index (χ0v) is 17.9. The van der Waals surface area contributed by atoms with Crippen molar-refractivity contribution >= 4 is 41.3 Å². The van der Waals surface area contributed by atoms with E-state index in [1.807, 2.05) is 18.2 Å². The summed E-state index contributed by atoms with van der Waals surface area (Å²) in [4.78, 5) is 9.33. The Labute approximate surface area is 166 Å². The van der Waals surface area contributed by atoms with Crippen molar-refractivity contribution < 1.29 is 0 Å². The van der Waals surface area contributed by atoms with Gasteiger partial charge in [0.25, 0.3) is 0 Å². The molecule has 24 heavy (non-hydrogen) atoms. The lowest BCUT2D eigenvalue weighted by Gasteiger charge is -2.14. The van der Waals surface area contributed by atoms with Gasteiger partial charge in [0, 0.05) is 17.3 Å². The molecule has 0 amide bonds. The molecule has 0 atom stereocenters. The van der Waals surface area contributed by atoms with Crippen molar-refractivity contribution in [3.8, 4) is 0 Å². The van der Waals surface area contributed by atoms with Crippen LogP contribution in [0.25, 0.3) is 0 Å². The molecular weight excluding hydrogens is 431 g/mol. The lowest BCUT2D eigenvalue weighted by atomic mass is 9.93. The fourth-order valence-corrected chi connectivity index (χ4v) is 2.95. The van der Waals surface area contributed by atoms with Crippen LogP contribution in [-0.4, -0.2) is 17.5 Å². The van der Waals surface area contributed by atoms with E-state index >= 15 is 0 Å². The smallest absolute Gasteiger partial charge is 0.191 e. The highest BCUT2D eigenvalue weighted by molar-refractivity contribution is 14.0. The molecule has 0 spiro atoms. The van der Waals surface area contributed by atoms with E-state index in [2.05, 4.69) is 60.8 Å². The summed E-state index contributed by atoms with van der Waals surface area (Å²) >= 11 is 1.69. The molecule has 0 saturated heterocycles. The quantitative estimate of drug-likeness (QED) is 0.399. The summed E-state index contributed by atoms with van der Waals surface area (Å²) in [6.07, 6.45) is 0. The van der Waals surface area contributed by atoms with Crippen molar-refractivity contribution in [2.75, 3.05) is 6.54 Å². The first-order chi connectivity index (χ1) is 11.0. The van der Waals surface area contributed by atoms with Gasteiger partial charge in [0.15, 0.2) is 5.96 Å². The third-order valence-corrected chi connectivity index (χ3v) is 4.18. The number of thiazole rings is 1. The Bertz CT molecular complexity index is 632. The lowest BCUT2D eigenvalue weighted by molar-refractivity contribution is 0.570. The minimum Gasteiger partial charge on any atom is -0.357 e. The molecule has 0 aliphatic rings. The van der Waals surface area contributed by atoms with Crippen LogP contribution in [0.1, 0.15) is 44.0 Å². The van der Waals surface area contributed by atoms with Gasteiger partial charge < -0.3 is 10.6 Å². The summed E-state index contributed by atoms with van der Waals surface area (Å²) in [5.74, 6) is 0.823. The Morgan fingerprint density at radius 2 is 1.88 bits per heavy atom. The average Bonchev–Trinajstić information content (AvgIpc) is 3.00. The predicted molar refractivity (Wildman–Crippen MR) is 114 cm³/mol. The number of hydrogen-bond donors (Lipinski definition) is 2. The maximum absolute atomic E-state index is 4.71. The van der Waals surface area contributed by atoms with Crippen LogP contribution in [0, 0.1) is 0 Å². The van der Waals surface area contributed by atoms with Gasteiger partial charge in [-0.3, -0.25) is 0 Å². The Morgan fingerprint density at radius 3 is 2.46 bits per heavy atom. The van der Waals surface area contributed by atoms with Crippen LogP contribution >= 0.6 is 35.3 Å². The summed E-state index contributed by atoms with van der Waals surface area (Å²) in [6, 6.07) is 10.3. The zero-order valence-electron chi connectivity index (χ0n) is 14.8. The number of benzene rings is 1. The summed E-state index contributed by atoms with van der Waals surface area (Å²) in [6.45, 7) is 10.8. The van der Waals surface area contributed by atoms with Gasteiger partial charge in [0.1, 0.15) is 5.01 Å². The van der Waals surface area contributed by atoms with Crippen LogP contribution in [-0.2, 0) is 18.5 Å². The molecule has 0 aliphatic carbocycles. The van der Waals surface area contributed by atoms with E-state index in [9.17, 15) is 0 Å². The normalized spacial score (nSPS) is 11.8. The number of halogens is 1. The first kappa shape index (κ1) is 20.9. The van der Waals surface area contributed by atoms with Gasteiger partial charge in [-0.1, -0.05) is 51.1 Å². The average molecular weight is 458 g/mol. The number of aliphatic imine (C=N–C) groups is 1. The molecule has 0 aliphatic heterocycles. The van der Waals surface area contributed by atoms with Crippen LogP contribution in [0.4, 0.5) is 0 Å². The van der Waals surface area contributed by atoms with Crippen molar-refractivity contribution in [2.45, 2.75) is 46.2 Å². The number of hydrogen-bond acceptors (Lipinski definition) is 3. The van der Waals surface area contributed by atoms with Gasteiger partial charge in [0.05, 0.1) is 18.8 Å². The van der Waals surface area contributed by atoms with Crippen molar-refractivity contribution in [1.82, 2.24) is 15.6 Å². The van der Waals surface area contributed by atoms with Gasteiger partial charge >= 0.3 is 0 Å². The van der Waals surface area contributed by atoms with E-state index < -0.39 is 0 Å². The summed E-state index contributed by atoms with van der Waals surface area (Å²) < 4.78 is 0. The fourth-order valence-electron chi connectivity index (χ4n) is 1.99. The molecule has 1 heterocycles. The zero-order chi connectivity index (χ0) is 16.7. The molecular formula is C18H27IN4S. The van der Waals surface area contributed by atoms with Crippen LogP contribution in [0.5, 0.6) is 0 Å². The fraction of sp³-hybridized carbons (Fsp3) is 0.444. The predicted octanol–water partition coefficient (Wildman–Crippen LogP) is 4.31. The number of nitrogens with zero attached hydrogens (tertiary/aromatic N) is 2. The van der Waals surface area contributed by atoms with Crippen LogP contribution in [0.3, 0.4) is 0 Å². The van der Waals surface area contributed by atoms with E-state index in [0.717, 1.165) is 23.2 Å². The summed E-state index contributed by atoms with van der Waals surface area (Å²) in [7, 11) is 0. The molecule has 2 rings (SSSR count). The van der Waals surface area contributed by atoms with Crippen molar-refractivity contribution in [3.63, 3.8) is 0 Å². The Morgan fingerprint density at radius 1 is 1.17 bits per heavy atom. The molecule has 0 saturated carbocycles. The number of aromatic nitrogens is 1. The van der Waals surface area contributed by atoms with E-state index in [0.29, 0.717) is 13.1 Å². The molecule has 2 aromatic rings. The topological polar surface area (TPSA) is 49.3 Å². The van der Waals surface area contributed by atoms with Crippen LogP contribution in [0.2, 0.25) is 0 Å². The molecule has 0 bridgehead atoms. The van der Waals surface area contributed by atoms with Crippen LogP contribution < -0.4 is 10.6 Å². The van der Waals surface area contributed by atoms with E-state index in [1.165, 1.54) is 5.56 Å².